The van der Waals surface area contributed by atoms with Gasteiger partial charge in [-0.3, -0.25) is 9.78 Å². The van der Waals surface area contributed by atoms with Crippen molar-refractivity contribution in [2.45, 2.75) is 6.18 Å². The summed E-state index contributed by atoms with van der Waals surface area (Å²) in [6, 6.07) is 0. The molecule has 1 rings (SSSR count). The molecule has 0 atom stereocenters. The molecule has 0 aliphatic carbocycles. The fraction of sp³-hybridized carbons (Fsp3) is 0.286. The van der Waals surface area contributed by atoms with Gasteiger partial charge in [-0.15, -0.1) is 0 Å². The van der Waals surface area contributed by atoms with Gasteiger partial charge in [0.25, 0.3) is 5.91 Å². The van der Waals surface area contributed by atoms with Gasteiger partial charge in [0, 0.05) is 0 Å². The lowest BCUT2D eigenvalue weighted by Gasteiger charge is -2.07. The van der Waals surface area contributed by atoms with Crippen LogP contribution in [-0.2, 0) is 0 Å². The maximum absolute atomic E-state index is 11.7. The van der Waals surface area contributed by atoms with E-state index in [-0.39, 0.29) is 10.8 Å². The van der Waals surface area contributed by atoms with Crippen LogP contribution in [0.3, 0.4) is 0 Å². The second-order valence-corrected chi connectivity index (χ2v) is 2.91. The molecular weight excluding hydrogens is 235 g/mol. The van der Waals surface area contributed by atoms with E-state index < -0.39 is 18.6 Å². The van der Waals surface area contributed by atoms with E-state index in [0.717, 1.165) is 6.20 Å². The molecule has 0 aromatic carbocycles. The van der Waals surface area contributed by atoms with E-state index in [1.807, 2.05) is 0 Å². The third-order valence-electron chi connectivity index (χ3n) is 1.29. The molecule has 0 spiro atoms. The molecule has 0 fully saturated rings. The molecule has 0 saturated carbocycles. The van der Waals surface area contributed by atoms with Crippen molar-refractivity contribution in [1.29, 1.82) is 0 Å². The molecule has 0 bridgehead atoms. The van der Waals surface area contributed by atoms with Gasteiger partial charge in [-0.2, -0.15) is 13.2 Å². The Kier molecular flexibility index (Phi) is 3.46. The maximum Gasteiger partial charge on any atom is 0.405 e. The van der Waals surface area contributed by atoms with Crippen LogP contribution in [0, 0.1) is 0 Å². The summed E-state index contributed by atoms with van der Waals surface area (Å²) in [7, 11) is 0. The van der Waals surface area contributed by atoms with Gasteiger partial charge in [-0.05, 0) is 0 Å². The zero-order valence-corrected chi connectivity index (χ0v) is 7.93. The largest absolute Gasteiger partial charge is 0.405 e. The summed E-state index contributed by atoms with van der Waals surface area (Å²) < 4.78 is 35.2. The highest BCUT2D eigenvalue weighted by molar-refractivity contribution is 6.29. The topological polar surface area (TPSA) is 54.9 Å². The minimum atomic E-state index is -4.46. The first-order valence-electron chi connectivity index (χ1n) is 3.71. The summed E-state index contributed by atoms with van der Waals surface area (Å²) >= 11 is 5.40. The van der Waals surface area contributed by atoms with Crippen LogP contribution in [0.15, 0.2) is 12.4 Å². The summed E-state index contributed by atoms with van der Waals surface area (Å²) in [6.45, 7) is -1.42. The molecule has 82 valence electrons. The number of hydrogen-bond acceptors (Lipinski definition) is 3. The van der Waals surface area contributed by atoms with Crippen molar-refractivity contribution in [1.82, 2.24) is 15.3 Å². The van der Waals surface area contributed by atoms with Gasteiger partial charge >= 0.3 is 6.18 Å². The minimum absolute atomic E-state index is 0.0605. The standard InChI is InChI=1S/C7H5ClF3N3O/c8-5-2-12-1-4(14-5)6(15)13-3-7(9,10)11/h1-2H,3H2,(H,13,15). The average Bonchev–Trinajstić information content (AvgIpc) is 2.13. The molecule has 0 saturated heterocycles. The predicted molar refractivity (Wildman–Crippen MR) is 45.4 cm³/mol. The molecule has 0 unspecified atom stereocenters. The van der Waals surface area contributed by atoms with Crippen LogP contribution in [0.25, 0.3) is 0 Å². The zero-order chi connectivity index (χ0) is 11.5. The Bertz CT molecular complexity index is 369. The quantitative estimate of drug-likeness (QED) is 0.849. The van der Waals surface area contributed by atoms with Gasteiger partial charge in [0.1, 0.15) is 17.4 Å². The van der Waals surface area contributed by atoms with Crippen molar-refractivity contribution in [3.8, 4) is 0 Å². The Morgan fingerprint density at radius 1 is 1.47 bits per heavy atom. The highest BCUT2D eigenvalue weighted by Crippen LogP contribution is 2.12. The fourth-order valence-corrected chi connectivity index (χ4v) is 0.870. The Balaban J connectivity index is 2.62. The number of alkyl halides is 3. The molecule has 1 amide bonds. The number of halogens is 4. The molecule has 0 aliphatic rings. The first-order chi connectivity index (χ1) is 6.88. The lowest BCUT2D eigenvalue weighted by molar-refractivity contribution is -0.123. The van der Waals surface area contributed by atoms with Crippen molar-refractivity contribution in [3.05, 3.63) is 23.2 Å². The number of amides is 1. The molecule has 1 heterocycles. The number of rotatable bonds is 2. The van der Waals surface area contributed by atoms with Crippen molar-refractivity contribution in [2.75, 3.05) is 6.54 Å². The monoisotopic (exact) mass is 239 g/mol. The SMILES string of the molecule is O=C(NCC(F)(F)F)c1cncc(Cl)n1. The number of nitrogens with one attached hydrogen (secondary N) is 1. The zero-order valence-electron chi connectivity index (χ0n) is 7.18. The molecule has 4 nitrogen and oxygen atoms in total. The van der Waals surface area contributed by atoms with E-state index in [9.17, 15) is 18.0 Å². The van der Waals surface area contributed by atoms with Crippen LogP contribution in [0.1, 0.15) is 10.5 Å². The summed E-state index contributed by atoms with van der Waals surface area (Å²) in [4.78, 5) is 18.1. The van der Waals surface area contributed by atoms with Gasteiger partial charge in [0.15, 0.2) is 0 Å². The van der Waals surface area contributed by atoms with E-state index in [4.69, 9.17) is 11.6 Å². The molecule has 1 aromatic rings. The van der Waals surface area contributed by atoms with Gasteiger partial charge in [-0.1, -0.05) is 11.6 Å². The third-order valence-corrected chi connectivity index (χ3v) is 1.47. The van der Waals surface area contributed by atoms with Crippen LogP contribution in [0.5, 0.6) is 0 Å². The number of carbonyl (C=O) groups is 1. The first-order valence-corrected chi connectivity index (χ1v) is 4.09. The molecule has 1 N–H and O–H groups in total. The van der Waals surface area contributed by atoms with E-state index in [0.29, 0.717) is 0 Å². The van der Waals surface area contributed by atoms with Crippen LogP contribution in [0.2, 0.25) is 5.15 Å². The summed E-state index contributed by atoms with van der Waals surface area (Å²) in [6.07, 6.45) is -2.26. The summed E-state index contributed by atoms with van der Waals surface area (Å²) in [5.41, 5.74) is -0.258. The average molecular weight is 240 g/mol. The van der Waals surface area contributed by atoms with Crippen molar-refractivity contribution in [2.24, 2.45) is 0 Å². The molecule has 15 heavy (non-hydrogen) atoms. The Labute approximate surface area is 87.5 Å². The number of nitrogens with zero attached hydrogens (tertiary/aromatic N) is 2. The fourth-order valence-electron chi connectivity index (χ4n) is 0.723. The van der Waals surface area contributed by atoms with Gasteiger partial charge in [0.05, 0.1) is 12.4 Å². The van der Waals surface area contributed by atoms with E-state index in [1.54, 1.807) is 5.32 Å². The Morgan fingerprint density at radius 2 is 2.13 bits per heavy atom. The lowest BCUT2D eigenvalue weighted by Crippen LogP contribution is -2.34. The molecule has 8 heteroatoms. The van der Waals surface area contributed by atoms with Crippen LogP contribution in [-0.4, -0.2) is 28.6 Å². The lowest BCUT2D eigenvalue weighted by atomic mass is 10.4. The first kappa shape index (κ1) is 11.7. The number of carbonyl (C=O) groups excluding carboxylic acids is 1. The Morgan fingerprint density at radius 3 is 2.67 bits per heavy atom. The second kappa shape index (κ2) is 4.43. The highest BCUT2D eigenvalue weighted by atomic mass is 35.5. The number of hydrogen-bond donors (Lipinski definition) is 1. The Hall–Kier alpha value is -1.37. The molecule has 0 aliphatic heterocycles. The van der Waals surface area contributed by atoms with E-state index in [1.165, 1.54) is 6.20 Å². The van der Waals surface area contributed by atoms with Gasteiger partial charge in [0.2, 0.25) is 0 Å². The number of aromatic nitrogens is 2. The van der Waals surface area contributed by atoms with Crippen molar-refractivity contribution >= 4 is 17.5 Å². The maximum atomic E-state index is 11.7. The second-order valence-electron chi connectivity index (χ2n) is 2.52. The van der Waals surface area contributed by atoms with Crippen LogP contribution < -0.4 is 5.32 Å². The smallest absolute Gasteiger partial charge is 0.342 e. The van der Waals surface area contributed by atoms with Crippen molar-refractivity contribution < 1.29 is 18.0 Å². The van der Waals surface area contributed by atoms with Crippen LogP contribution >= 0.6 is 11.6 Å². The predicted octanol–water partition coefficient (Wildman–Crippen LogP) is 1.42. The molecule has 1 aromatic heterocycles. The van der Waals surface area contributed by atoms with Crippen molar-refractivity contribution in [3.63, 3.8) is 0 Å². The summed E-state index contributed by atoms with van der Waals surface area (Å²) in [5, 5.41) is 1.58. The highest BCUT2D eigenvalue weighted by Gasteiger charge is 2.28. The van der Waals surface area contributed by atoms with Crippen LogP contribution in [0.4, 0.5) is 13.2 Å². The van der Waals surface area contributed by atoms with E-state index in [2.05, 4.69) is 9.97 Å². The normalized spacial score (nSPS) is 11.2. The molecular formula is C7H5ClF3N3O. The van der Waals surface area contributed by atoms with Gasteiger partial charge < -0.3 is 5.32 Å². The van der Waals surface area contributed by atoms with E-state index >= 15 is 0 Å². The third kappa shape index (κ3) is 4.11. The summed E-state index contributed by atoms with van der Waals surface area (Å²) in [5.74, 6) is -0.970. The molecule has 0 radical (unpaired) electrons. The van der Waals surface area contributed by atoms with Gasteiger partial charge in [-0.25, -0.2) is 4.98 Å². The minimum Gasteiger partial charge on any atom is -0.342 e.